The summed E-state index contributed by atoms with van der Waals surface area (Å²) in [7, 11) is 1.53. The second-order valence-electron chi connectivity index (χ2n) is 3.63. The van der Waals surface area contributed by atoms with Gasteiger partial charge >= 0.3 is 11.8 Å². The molecule has 1 unspecified atom stereocenters. The highest BCUT2D eigenvalue weighted by molar-refractivity contribution is 6.35. The number of nitrogens with one attached hydrogen (secondary N) is 2. The lowest BCUT2D eigenvalue weighted by Gasteiger charge is -2.24. The van der Waals surface area contributed by atoms with Crippen LogP contribution < -0.4 is 15.4 Å². The predicted octanol–water partition coefficient (Wildman–Crippen LogP) is 0.636. The maximum Gasteiger partial charge on any atom is 0.309 e. The van der Waals surface area contributed by atoms with Gasteiger partial charge in [0, 0.05) is 6.54 Å². The average molecular weight is 255 g/mol. The fraction of sp³-hybridized carbons (Fsp3) is 0.273. The third-order valence-corrected chi connectivity index (χ3v) is 2.85. The summed E-state index contributed by atoms with van der Waals surface area (Å²) in [6.07, 6.45) is 0. The molecule has 1 aromatic rings. The third-order valence-electron chi connectivity index (χ3n) is 2.56. The molecule has 1 saturated heterocycles. The lowest BCUT2D eigenvalue weighted by Crippen LogP contribution is -2.51. The molecule has 2 rings (SSSR count). The molecule has 2 N–H and O–H groups in total. The van der Waals surface area contributed by atoms with Gasteiger partial charge in [0.1, 0.15) is 5.75 Å². The van der Waals surface area contributed by atoms with E-state index in [9.17, 15) is 9.59 Å². The van der Waals surface area contributed by atoms with Crippen molar-refractivity contribution in [1.82, 2.24) is 10.6 Å². The molecule has 1 aromatic carbocycles. The Morgan fingerprint density at radius 2 is 2.12 bits per heavy atom. The fourth-order valence-electron chi connectivity index (χ4n) is 1.65. The number of amides is 2. The monoisotopic (exact) mass is 254 g/mol. The summed E-state index contributed by atoms with van der Waals surface area (Å²) in [6, 6.07) is 4.97. The van der Waals surface area contributed by atoms with Crippen LogP contribution >= 0.6 is 11.6 Å². The molecule has 6 heteroatoms. The minimum absolute atomic E-state index is 0.261. The van der Waals surface area contributed by atoms with Crippen LogP contribution in [0.5, 0.6) is 5.75 Å². The summed E-state index contributed by atoms with van der Waals surface area (Å²) in [5, 5.41) is 5.57. The van der Waals surface area contributed by atoms with Gasteiger partial charge in [-0.05, 0) is 17.7 Å². The standard InChI is InChI=1S/C11H11ClN2O3/c1-17-9-3-2-6(4-7(9)12)8-5-13-10(15)11(16)14-8/h2-4,8H,5H2,1H3,(H,13,15)(H,14,16). The highest BCUT2D eigenvalue weighted by Gasteiger charge is 2.26. The van der Waals surface area contributed by atoms with E-state index in [2.05, 4.69) is 10.6 Å². The molecule has 0 aliphatic carbocycles. The Bertz CT molecular complexity index is 476. The molecule has 1 aliphatic rings. The summed E-state index contributed by atoms with van der Waals surface area (Å²) in [5.74, 6) is -0.671. The maximum atomic E-state index is 11.2. The van der Waals surface area contributed by atoms with E-state index in [1.165, 1.54) is 7.11 Å². The zero-order chi connectivity index (χ0) is 12.4. The molecule has 5 nitrogen and oxygen atoms in total. The van der Waals surface area contributed by atoms with E-state index in [-0.39, 0.29) is 6.04 Å². The van der Waals surface area contributed by atoms with Gasteiger partial charge in [-0.25, -0.2) is 0 Å². The van der Waals surface area contributed by atoms with Crippen molar-refractivity contribution >= 4 is 23.4 Å². The Morgan fingerprint density at radius 3 is 2.71 bits per heavy atom. The summed E-state index contributed by atoms with van der Waals surface area (Å²) in [4.78, 5) is 22.2. The zero-order valence-electron chi connectivity index (χ0n) is 9.12. The Morgan fingerprint density at radius 1 is 1.35 bits per heavy atom. The first kappa shape index (κ1) is 11.7. The van der Waals surface area contributed by atoms with Crippen LogP contribution in [0.25, 0.3) is 0 Å². The molecule has 0 bridgehead atoms. The van der Waals surface area contributed by atoms with E-state index < -0.39 is 11.8 Å². The number of carbonyl (C=O) groups excluding carboxylic acids is 2. The molecule has 1 atom stereocenters. The molecule has 1 heterocycles. The van der Waals surface area contributed by atoms with E-state index in [1.807, 2.05) is 0 Å². The van der Waals surface area contributed by atoms with Gasteiger partial charge in [0.15, 0.2) is 0 Å². The molecule has 1 fully saturated rings. The first-order valence-corrected chi connectivity index (χ1v) is 5.41. The first-order valence-electron chi connectivity index (χ1n) is 5.04. The van der Waals surface area contributed by atoms with E-state index in [0.717, 1.165) is 5.56 Å². The van der Waals surface area contributed by atoms with E-state index in [0.29, 0.717) is 17.3 Å². The van der Waals surface area contributed by atoms with Crippen molar-refractivity contribution in [2.75, 3.05) is 13.7 Å². The van der Waals surface area contributed by atoms with Gasteiger partial charge < -0.3 is 15.4 Å². The molecule has 0 saturated carbocycles. The normalized spacial score (nSPS) is 19.5. The van der Waals surface area contributed by atoms with Crippen molar-refractivity contribution in [2.24, 2.45) is 0 Å². The van der Waals surface area contributed by atoms with Crippen molar-refractivity contribution in [3.05, 3.63) is 28.8 Å². The van der Waals surface area contributed by atoms with E-state index in [4.69, 9.17) is 16.3 Å². The van der Waals surface area contributed by atoms with Gasteiger partial charge in [-0.15, -0.1) is 0 Å². The Kier molecular flexibility index (Phi) is 3.19. The fourth-order valence-corrected chi connectivity index (χ4v) is 1.92. The minimum atomic E-state index is -0.631. The van der Waals surface area contributed by atoms with Crippen LogP contribution in [-0.4, -0.2) is 25.5 Å². The Balaban J connectivity index is 2.20. The summed E-state index contributed by atoms with van der Waals surface area (Å²) in [6.45, 7) is 0.354. The number of hydrogen-bond donors (Lipinski definition) is 2. The third kappa shape index (κ3) is 2.34. The minimum Gasteiger partial charge on any atom is -0.495 e. The lowest BCUT2D eigenvalue weighted by molar-refractivity contribution is -0.141. The van der Waals surface area contributed by atoms with Crippen LogP contribution in [0.2, 0.25) is 5.02 Å². The molecule has 17 heavy (non-hydrogen) atoms. The Hall–Kier alpha value is -1.75. The maximum absolute atomic E-state index is 11.2. The van der Waals surface area contributed by atoms with Crippen LogP contribution in [0.1, 0.15) is 11.6 Å². The van der Waals surface area contributed by atoms with Crippen molar-refractivity contribution in [1.29, 1.82) is 0 Å². The number of halogens is 1. The van der Waals surface area contributed by atoms with Crippen LogP contribution in [0.4, 0.5) is 0 Å². The highest BCUT2D eigenvalue weighted by atomic mass is 35.5. The van der Waals surface area contributed by atoms with Crippen LogP contribution in [-0.2, 0) is 9.59 Å². The summed E-state index contributed by atoms with van der Waals surface area (Å²) in [5.41, 5.74) is 0.823. The molecular weight excluding hydrogens is 244 g/mol. The second kappa shape index (κ2) is 4.63. The van der Waals surface area contributed by atoms with E-state index in [1.54, 1.807) is 18.2 Å². The molecule has 0 spiro atoms. The van der Waals surface area contributed by atoms with Crippen molar-refractivity contribution in [3.8, 4) is 5.75 Å². The predicted molar refractivity (Wildman–Crippen MR) is 61.9 cm³/mol. The zero-order valence-corrected chi connectivity index (χ0v) is 9.88. The van der Waals surface area contributed by atoms with E-state index >= 15 is 0 Å². The largest absolute Gasteiger partial charge is 0.495 e. The SMILES string of the molecule is COc1ccc(C2CNC(=O)C(=O)N2)cc1Cl. The van der Waals surface area contributed by atoms with Crippen molar-refractivity contribution < 1.29 is 14.3 Å². The topological polar surface area (TPSA) is 67.4 Å². The van der Waals surface area contributed by atoms with Crippen LogP contribution in [0.15, 0.2) is 18.2 Å². The number of ether oxygens (including phenoxy) is 1. The van der Waals surface area contributed by atoms with Crippen LogP contribution in [0.3, 0.4) is 0 Å². The van der Waals surface area contributed by atoms with Gasteiger partial charge in [-0.2, -0.15) is 0 Å². The highest BCUT2D eigenvalue weighted by Crippen LogP contribution is 2.27. The number of benzene rings is 1. The smallest absolute Gasteiger partial charge is 0.309 e. The van der Waals surface area contributed by atoms with Gasteiger partial charge in [-0.3, -0.25) is 9.59 Å². The molecule has 0 aromatic heterocycles. The number of rotatable bonds is 2. The first-order chi connectivity index (χ1) is 8.11. The number of methoxy groups -OCH3 is 1. The molecule has 1 aliphatic heterocycles. The Labute approximate surface area is 103 Å². The van der Waals surface area contributed by atoms with Gasteiger partial charge in [-0.1, -0.05) is 17.7 Å². The van der Waals surface area contributed by atoms with Gasteiger partial charge in [0.05, 0.1) is 18.2 Å². The summed E-state index contributed by atoms with van der Waals surface area (Å²) >= 11 is 5.99. The quantitative estimate of drug-likeness (QED) is 0.761. The molecular formula is C11H11ClN2O3. The van der Waals surface area contributed by atoms with Gasteiger partial charge in [0.25, 0.3) is 0 Å². The number of hydrogen-bond acceptors (Lipinski definition) is 3. The van der Waals surface area contributed by atoms with Crippen LogP contribution in [0, 0.1) is 0 Å². The molecule has 0 radical (unpaired) electrons. The average Bonchev–Trinajstić information content (AvgIpc) is 2.32. The number of carbonyl (C=O) groups is 2. The lowest BCUT2D eigenvalue weighted by atomic mass is 10.1. The molecule has 90 valence electrons. The van der Waals surface area contributed by atoms with Crippen molar-refractivity contribution in [3.63, 3.8) is 0 Å². The second-order valence-corrected chi connectivity index (χ2v) is 4.04. The molecule has 2 amide bonds. The van der Waals surface area contributed by atoms with Crippen molar-refractivity contribution in [2.45, 2.75) is 6.04 Å². The number of piperazine rings is 1. The van der Waals surface area contributed by atoms with Gasteiger partial charge in [0.2, 0.25) is 0 Å². The summed E-state index contributed by atoms with van der Waals surface area (Å²) < 4.78 is 5.04.